The van der Waals surface area contributed by atoms with Gasteiger partial charge in [0.2, 0.25) is 0 Å². The molecule has 1 heterocycles. The molecular formula is C23H27N2O8S+. The fourth-order valence-corrected chi connectivity index (χ4v) is 5.40. The zero-order valence-electron chi connectivity index (χ0n) is 18.7. The standard InChI is InChI=1S/C23H26N2O8S/c1-32-20-8-4-17(5-9-20)14-34-21-10-19(11-22(27)28)25(12-21,15-26)23(29)33-13-16-2-6-18(7-3-16)24(30)31/h2-9,19,21,26H,10-15H2,1H3/p+1/t19-,21-,25?/m0/s1. The van der Waals surface area contributed by atoms with Gasteiger partial charge in [0.05, 0.1) is 23.7 Å². The molecule has 0 aromatic heterocycles. The van der Waals surface area contributed by atoms with Crippen LogP contribution in [-0.2, 0) is 21.9 Å². The Morgan fingerprint density at radius 3 is 2.35 bits per heavy atom. The first-order valence-corrected chi connectivity index (χ1v) is 11.7. The number of hydrogen-bond donors (Lipinski definition) is 2. The van der Waals surface area contributed by atoms with E-state index in [0.717, 1.165) is 11.3 Å². The number of carboxylic acids is 1. The summed E-state index contributed by atoms with van der Waals surface area (Å²) in [4.78, 5) is 34.8. The van der Waals surface area contributed by atoms with Crippen molar-refractivity contribution in [2.75, 3.05) is 20.4 Å². The number of rotatable bonds is 10. The Bertz CT molecular complexity index is 1010. The van der Waals surface area contributed by atoms with Gasteiger partial charge in [-0.3, -0.25) is 14.9 Å². The SMILES string of the molecule is COc1ccc(CS[C@H]2C[C@@H](CC(=O)O)[N+](CO)(C(=O)OCc3ccc([N+](=O)[O-])cc3)C2)cc1. The predicted molar refractivity (Wildman–Crippen MR) is 124 cm³/mol. The Labute approximate surface area is 200 Å². The van der Waals surface area contributed by atoms with Crippen molar-refractivity contribution in [3.05, 3.63) is 69.8 Å². The lowest BCUT2D eigenvalue weighted by molar-refractivity contribution is -0.887. The minimum Gasteiger partial charge on any atom is -0.497 e. The van der Waals surface area contributed by atoms with E-state index < -0.39 is 34.2 Å². The van der Waals surface area contributed by atoms with Gasteiger partial charge in [0.15, 0.2) is 6.73 Å². The molecule has 0 saturated carbocycles. The summed E-state index contributed by atoms with van der Waals surface area (Å²) in [7, 11) is 1.60. The van der Waals surface area contributed by atoms with E-state index in [4.69, 9.17) is 9.47 Å². The van der Waals surface area contributed by atoms with Crippen LogP contribution in [0.5, 0.6) is 5.75 Å². The normalized spacial score (nSPS) is 21.7. The summed E-state index contributed by atoms with van der Waals surface area (Å²) >= 11 is 1.60. The Morgan fingerprint density at radius 2 is 1.79 bits per heavy atom. The maximum atomic E-state index is 13.1. The van der Waals surface area contributed by atoms with E-state index in [1.165, 1.54) is 24.3 Å². The highest BCUT2D eigenvalue weighted by Crippen LogP contribution is 2.38. The first-order valence-electron chi connectivity index (χ1n) is 10.6. The number of nitro groups is 1. The van der Waals surface area contributed by atoms with E-state index in [0.29, 0.717) is 17.7 Å². The van der Waals surface area contributed by atoms with E-state index >= 15 is 0 Å². The second-order valence-electron chi connectivity index (χ2n) is 8.10. The molecule has 1 fully saturated rings. The fourth-order valence-electron chi connectivity index (χ4n) is 4.05. The summed E-state index contributed by atoms with van der Waals surface area (Å²) in [5.41, 5.74) is 1.54. The number of aliphatic hydroxyl groups is 1. The summed E-state index contributed by atoms with van der Waals surface area (Å²) in [6.45, 7) is -0.467. The molecule has 3 rings (SSSR count). The molecule has 0 spiro atoms. The van der Waals surface area contributed by atoms with Crippen molar-refractivity contribution in [1.29, 1.82) is 0 Å². The average molecular weight is 492 g/mol. The smallest absolute Gasteiger partial charge is 0.497 e. The number of quaternary nitrogens is 1. The first kappa shape index (κ1) is 25.5. The highest BCUT2D eigenvalue weighted by Gasteiger charge is 2.54. The lowest BCUT2D eigenvalue weighted by Gasteiger charge is -2.33. The van der Waals surface area contributed by atoms with Crippen LogP contribution in [0, 0.1) is 10.1 Å². The Hall–Kier alpha value is -3.15. The number of non-ortho nitro benzene ring substituents is 1. The second-order valence-corrected chi connectivity index (χ2v) is 9.39. The molecule has 10 nitrogen and oxygen atoms in total. The van der Waals surface area contributed by atoms with E-state index in [1.54, 1.807) is 18.9 Å². The van der Waals surface area contributed by atoms with Gasteiger partial charge in [-0.25, -0.2) is 0 Å². The number of nitro benzene ring substituents is 1. The molecular weight excluding hydrogens is 464 g/mol. The van der Waals surface area contributed by atoms with Crippen molar-refractivity contribution >= 4 is 29.5 Å². The van der Waals surface area contributed by atoms with Gasteiger partial charge in [-0.1, -0.05) is 12.1 Å². The van der Waals surface area contributed by atoms with Crippen molar-refractivity contribution < 1.29 is 38.7 Å². The average Bonchev–Trinajstić information content (AvgIpc) is 3.19. The van der Waals surface area contributed by atoms with E-state index in [1.807, 2.05) is 24.3 Å². The molecule has 1 aliphatic rings. The van der Waals surface area contributed by atoms with Crippen molar-refractivity contribution in [3.63, 3.8) is 0 Å². The van der Waals surface area contributed by atoms with Gasteiger partial charge in [0.1, 0.15) is 24.9 Å². The molecule has 2 aromatic rings. The maximum absolute atomic E-state index is 13.1. The minimum absolute atomic E-state index is 0.0504. The molecule has 34 heavy (non-hydrogen) atoms. The highest BCUT2D eigenvalue weighted by atomic mass is 32.2. The number of carbonyl (C=O) groups excluding carboxylic acids is 1. The molecule has 1 saturated heterocycles. The van der Waals surface area contributed by atoms with Gasteiger partial charge in [-0.05, 0) is 35.4 Å². The van der Waals surface area contributed by atoms with Crippen LogP contribution in [0.2, 0.25) is 0 Å². The number of hydrogen-bond acceptors (Lipinski definition) is 8. The Balaban J connectivity index is 1.68. The second kappa shape index (κ2) is 11.3. The van der Waals surface area contributed by atoms with Crippen LogP contribution in [0.3, 0.4) is 0 Å². The van der Waals surface area contributed by atoms with Crippen LogP contribution >= 0.6 is 11.8 Å². The van der Waals surface area contributed by atoms with Crippen LogP contribution < -0.4 is 4.74 Å². The quantitative estimate of drug-likeness (QED) is 0.290. The van der Waals surface area contributed by atoms with Gasteiger partial charge in [0, 0.05) is 24.3 Å². The molecule has 0 radical (unpaired) electrons. The van der Waals surface area contributed by atoms with Gasteiger partial charge in [0.25, 0.3) is 5.69 Å². The number of benzene rings is 2. The summed E-state index contributed by atoms with van der Waals surface area (Å²) in [6.07, 6.45) is -0.535. The summed E-state index contributed by atoms with van der Waals surface area (Å²) in [5, 5.41) is 30.3. The number of thioether (sulfide) groups is 1. The van der Waals surface area contributed by atoms with Gasteiger partial charge in [-0.15, -0.1) is 11.8 Å². The molecule has 2 N–H and O–H groups in total. The molecule has 2 aromatic carbocycles. The number of likely N-dealkylation sites (tertiary alicyclic amines) is 1. The summed E-state index contributed by atoms with van der Waals surface area (Å²) in [5.74, 6) is 0.366. The summed E-state index contributed by atoms with van der Waals surface area (Å²) in [6, 6.07) is 12.6. The van der Waals surface area contributed by atoms with Crippen LogP contribution in [0.4, 0.5) is 10.5 Å². The molecule has 1 aliphatic heterocycles. The number of amides is 1. The molecule has 3 atom stereocenters. The zero-order chi connectivity index (χ0) is 24.7. The van der Waals surface area contributed by atoms with E-state index in [-0.39, 0.29) is 30.5 Å². The zero-order valence-corrected chi connectivity index (χ0v) is 19.5. The number of aliphatic carboxylic acids is 1. The number of aliphatic hydroxyl groups excluding tert-OH is 1. The third-order valence-electron chi connectivity index (χ3n) is 5.94. The molecule has 11 heteroatoms. The number of carboxylic acid groups (broad SMARTS) is 1. The van der Waals surface area contributed by atoms with Crippen molar-refractivity contribution in [2.24, 2.45) is 0 Å². The third kappa shape index (κ3) is 6.04. The van der Waals surface area contributed by atoms with Crippen LogP contribution in [0.15, 0.2) is 48.5 Å². The molecule has 1 amide bonds. The number of carbonyl (C=O) groups is 2. The van der Waals surface area contributed by atoms with Gasteiger partial charge >= 0.3 is 12.1 Å². The molecule has 182 valence electrons. The Morgan fingerprint density at radius 1 is 1.15 bits per heavy atom. The Kier molecular flexibility index (Phi) is 8.48. The van der Waals surface area contributed by atoms with Gasteiger partial charge < -0.3 is 19.7 Å². The van der Waals surface area contributed by atoms with Gasteiger partial charge in [-0.2, -0.15) is 9.28 Å². The third-order valence-corrected chi connectivity index (χ3v) is 7.26. The topological polar surface area (TPSA) is 136 Å². The van der Waals surface area contributed by atoms with E-state index in [9.17, 15) is 29.9 Å². The number of ether oxygens (including phenoxy) is 2. The lowest BCUT2D eigenvalue weighted by Crippen LogP contribution is -2.57. The largest absolute Gasteiger partial charge is 0.518 e. The molecule has 0 bridgehead atoms. The lowest BCUT2D eigenvalue weighted by atomic mass is 10.1. The maximum Gasteiger partial charge on any atom is 0.518 e. The van der Waals surface area contributed by atoms with Crippen LogP contribution in [0.1, 0.15) is 24.0 Å². The van der Waals surface area contributed by atoms with Crippen molar-refractivity contribution in [2.45, 2.75) is 36.5 Å². The van der Waals surface area contributed by atoms with Crippen LogP contribution in [0.25, 0.3) is 0 Å². The van der Waals surface area contributed by atoms with E-state index in [2.05, 4.69) is 0 Å². The minimum atomic E-state index is -1.05. The van der Waals surface area contributed by atoms with Crippen LogP contribution in [-0.4, -0.2) is 63.4 Å². The predicted octanol–water partition coefficient (Wildman–Crippen LogP) is 3.56. The number of methoxy groups -OCH3 is 1. The fraction of sp³-hybridized carbons (Fsp3) is 0.391. The summed E-state index contributed by atoms with van der Waals surface area (Å²) < 4.78 is 10.1. The highest BCUT2D eigenvalue weighted by molar-refractivity contribution is 7.99. The van der Waals surface area contributed by atoms with Crippen molar-refractivity contribution in [3.8, 4) is 5.75 Å². The number of nitrogens with zero attached hydrogens (tertiary/aromatic N) is 2. The monoisotopic (exact) mass is 491 g/mol. The van der Waals surface area contributed by atoms with Crippen molar-refractivity contribution in [1.82, 2.24) is 0 Å². The molecule has 0 aliphatic carbocycles. The molecule has 1 unspecified atom stereocenters. The first-order chi connectivity index (χ1) is 16.3.